The van der Waals surface area contributed by atoms with Crippen LogP contribution in [0.2, 0.25) is 0 Å². The van der Waals surface area contributed by atoms with Crippen molar-refractivity contribution in [2.75, 3.05) is 19.6 Å². The summed E-state index contributed by atoms with van der Waals surface area (Å²) in [5.74, 6) is 0.647. The van der Waals surface area contributed by atoms with E-state index in [1.807, 2.05) is 24.3 Å². The number of benzene rings is 1. The zero-order valence-electron chi connectivity index (χ0n) is 10.6. The van der Waals surface area contributed by atoms with Crippen LogP contribution in [0.25, 0.3) is 11.0 Å². The Balaban J connectivity index is 1.53. The average Bonchev–Trinajstić information content (AvgIpc) is 3.13. The summed E-state index contributed by atoms with van der Waals surface area (Å²) in [6.07, 6.45) is 2.86. The van der Waals surface area contributed by atoms with Crippen LogP contribution >= 0.6 is 0 Å². The monoisotopic (exact) mass is 256 g/mol. The van der Waals surface area contributed by atoms with Gasteiger partial charge in [0.05, 0.1) is 6.26 Å². The van der Waals surface area contributed by atoms with Gasteiger partial charge in [0.25, 0.3) is 5.91 Å². The molecule has 98 valence electrons. The molecule has 2 aliphatic rings. The van der Waals surface area contributed by atoms with Crippen molar-refractivity contribution in [1.29, 1.82) is 0 Å². The van der Waals surface area contributed by atoms with Crippen LogP contribution in [-0.4, -0.2) is 36.5 Å². The molecule has 4 rings (SSSR count). The third kappa shape index (κ3) is 1.83. The number of carbonyl (C=O) groups excluding carboxylic acids is 1. The van der Waals surface area contributed by atoms with Crippen molar-refractivity contribution in [3.63, 3.8) is 0 Å². The summed E-state index contributed by atoms with van der Waals surface area (Å²) in [5.41, 5.74) is 1.45. The van der Waals surface area contributed by atoms with Crippen molar-refractivity contribution in [3.05, 3.63) is 36.1 Å². The number of carbonyl (C=O) groups is 1. The first-order valence-electron chi connectivity index (χ1n) is 6.80. The summed E-state index contributed by atoms with van der Waals surface area (Å²) >= 11 is 0. The fourth-order valence-corrected chi connectivity index (χ4v) is 3.30. The Labute approximate surface area is 111 Å². The van der Waals surface area contributed by atoms with Crippen LogP contribution in [0.4, 0.5) is 0 Å². The Morgan fingerprint density at radius 1 is 1.32 bits per heavy atom. The first-order valence-corrected chi connectivity index (χ1v) is 6.80. The topological polar surface area (TPSA) is 45.5 Å². The normalized spacial score (nSPS) is 28.9. The summed E-state index contributed by atoms with van der Waals surface area (Å²) < 4.78 is 5.34. The van der Waals surface area contributed by atoms with Gasteiger partial charge in [0.2, 0.25) is 0 Å². The minimum Gasteiger partial charge on any atom is -0.464 e. The largest absolute Gasteiger partial charge is 0.464 e. The van der Waals surface area contributed by atoms with Crippen molar-refractivity contribution in [2.45, 2.75) is 12.5 Å². The van der Waals surface area contributed by atoms with Crippen LogP contribution < -0.4 is 5.32 Å². The number of hydrogen-bond acceptors (Lipinski definition) is 3. The lowest BCUT2D eigenvalue weighted by Crippen LogP contribution is -2.43. The van der Waals surface area contributed by atoms with Crippen LogP contribution in [0.3, 0.4) is 0 Å². The molecule has 1 amide bonds. The summed E-state index contributed by atoms with van der Waals surface area (Å²) in [7, 11) is 0. The first-order chi connectivity index (χ1) is 9.29. The van der Waals surface area contributed by atoms with Gasteiger partial charge in [-0.05, 0) is 37.1 Å². The Hall–Kier alpha value is -1.81. The summed E-state index contributed by atoms with van der Waals surface area (Å²) in [6, 6.07) is 7.82. The van der Waals surface area contributed by atoms with Crippen LogP contribution in [-0.2, 0) is 0 Å². The van der Waals surface area contributed by atoms with Gasteiger partial charge < -0.3 is 14.6 Å². The van der Waals surface area contributed by atoms with E-state index in [4.69, 9.17) is 4.42 Å². The Bertz CT molecular complexity index is 634. The van der Waals surface area contributed by atoms with Gasteiger partial charge in [-0.3, -0.25) is 4.79 Å². The number of amides is 1. The molecule has 0 spiro atoms. The molecule has 0 saturated carbocycles. The van der Waals surface area contributed by atoms with Crippen LogP contribution in [0, 0.1) is 5.92 Å². The molecule has 0 aliphatic carbocycles. The number of rotatable bonds is 2. The van der Waals surface area contributed by atoms with Crippen molar-refractivity contribution < 1.29 is 9.21 Å². The molecule has 1 aromatic heterocycles. The van der Waals surface area contributed by atoms with E-state index in [-0.39, 0.29) is 5.91 Å². The van der Waals surface area contributed by atoms with Crippen LogP contribution in [0.1, 0.15) is 16.8 Å². The lowest BCUT2D eigenvalue weighted by atomic mass is 9.99. The highest BCUT2D eigenvalue weighted by Gasteiger charge is 2.38. The van der Waals surface area contributed by atoms with Crippen molar-refractivity contribution in [2.24, 2.45) is 5.92 Å². The third-order valence-electron chi connectivity index (χ3n) is 4.37. The van der Waals surface area contributed by atoms with Crippen molar-refractivity contribution in [3.8, 4) is 0 Å². The lowest BCUT2D eigenvalue weighted by Gasteiger charge is -2.23. The third-order valence-corrected chi connectivity index (χ3v) is 4.37. The smallest absolute Gasteiger partial charge is 0.251 e. The molecule has 2 fully saturated rings. The summed E-state index contributed by atoms with van der Waals surface area (Å²) in [4.78, 5) is 14.7. The number of furan rings is 1. The fraction of sp³-hybridized carbons (Fsp3) is 0.400. The molecule has 2 aliphatic heterocycles. The second-order valence-electron chi connectivity index (χ2n) is 5.56. The molecule has 1 N–H and O–H groups in total. The summed E-state index contributed by atoms with van der Waals surface area (Å²) in [6.45, 7) is 3.33. The minimum atomic E-state index is 0.0112. The van der Waals surface area contributed by atoms with Crippen LogP contribution in [0.15, 0.2) is 34.9 Å². The molecule has 1 unspecified atom stereocenters. The van der Waals surface area contributed by atoms with E-state index >= 15 is 0 Å². The van der Waals surface area contributed by atoms with Gasteiger partial charge >= 0.3 is 0 Å². The minimum absolute atomic E-state index is 0.0112. The molecule has 3 atom stereocenters. The quantitative estimate of drug-likeness (QED) is 0.892. The van der Waals surface area contributed by atoms with Gasteiger partial charge in [-0.2, -0.15) is 0 Å². The highest BCUT2D eigenvalue weighted by molar-refractivity contribution is 5.97. The number of nitrogens with zero attached hydrogens (tertiary/aromatic N) is 1. The SMILES string of the molecule is O=C(N[C@H]1CN2CC[C@H]1C2)c1ccc2ccoc2c1. The Morgan fingerprint density at radius 3 is 3.05 bits per heavy atom. The zero-order chi connectivity index (χ0) is 12.8. The maximum Gasteiger partial charge on any atom is 0.251 e. The molecule has 2 aromatic rings. The zero-order valence-corrected chi connectivity index (χ0v) is 10.6. The molecule has 0 radical (unpaired) electrons. The van der Waals surface area contributed by atoms with E-state index in [1.54, 1.807) is 6.26 Å². The van der Waals surface area contributed by atoms with Crippen molar-refractivity contribution in [1.82, 2.24) is 10.2 Å². The van der Waals surface area contributed by atoms with Crippen LogP contribution in [0.5, 0.6) is 0 Å². The Morgan fingerprint density at radius 2 is 2.26 bits per heavy atom. The lowest BCUT2D eigenvalue weighted by molar-refractivity contribution is 0.0924. The van der Waals surface area contributed by atoms with E-state index in [2.05, 4.69) is 10.2 Å². The van der Waals surface area contributed by atoms with E-state index < -0.39 is 0 Å². The van der Waals surface area contributed by atoms with E-state index in [0.29, 0.717) is 17.5 Å². The van der Waals surface area contributed by atoms with Gasteiger partial charge in [0.1, 0.15) is 5.58 Å². The standard InChI is InChI=1S/C15H16N2O2/c18-15(16-13-9-17-5-3-12(13)8-17)11-2-1-10-4-6-19-14(10)7-11/h1-2,4,6-7,12-13H,3,5,8-9H2,(H,16,18)/t12-,13-/m0/s1. The van der Waals surface area contributed by atoms with Gasteiger partial charge in [0, 0.05) is 30.1 Å². The number of hydrogen-bond donors (Lipinski definition) is 1. The molecule has 2 saturated heterocycles. The maximum absolute atomic E-state index is 12.3. The van der Waals surface area contributed by atoms with Gasteiger partial charge in [-0.15, -0.1) is 0 Å². The molecule has 4 heteroatoms. The maximum atomic E-state index is 12.3. The number of piperidine rings is 1. The average molecular weight is 256 g/mol. The molecule has 2 bridgehead atoms. The second-order valence-corrected chi connectivity index (χ2v) is 5.56. The molecular weight excluding hydrogens is 240 g/mol. The highest BCUT2D eigenvalue weighted by atomic mass is 16.3. The Kier molecular flexibility index (Phi) is 2.38. The van der Waals surface area contributed by atoms with E-state index in [9.17, 15) is 4.79 Å². The van der Waals surface area contributed by atoms with Crippen molar-refractivity contribution >= 4 is 16.9 Å². The second kappa shape index (κ2) is 4.10. The number of fused-ring (bicyclic) bond motifs is 3. The van der Waals surface area contributed by atoms with Gasteiger partial charge in [0.15, 0.2) is 0 Å². The van der Waals surface area contributed by atoms with Gasteiger partial charge in [-0.25, -0.2) is 0 Å². The molecule has 4 nitrogen and oxygen atoms in total. The predicted octanol–water partition coefficient (Wildman–Crippen LogP) is 1.87. The highest BCUT2D eigenvalue weighted by Crippen LogP contribution is 2.28. The molecular formula is C15H16N2O2. The van der Waals surface area contributed by atoms with E-state index in [1.165, 1.54) is 13.0 Å². The molecule has 19 heavy (non-hydrogen) atoms. The first kappa shape index (κ1) is 11.1. The fourth-order valence-electron chi connectivity index (χ4n) is 3.30. The molecule has 1 aromatic carbocycles. The summed E-state index contributed by atoms with van der Waals surface area (Å²) in [5, 5.41) is 4.19. The molecule has 3 heterocycles. The predicted molar refractivity (Wildman–Crippen MR) is 72.0 cm³/mol. The van der Waals surface area contributed by atoms with E-state index in [0.717, 1.165) is 24.1 Å². The number of nitrogens with one attached hydrogen (secondary N) is 1. The van der Waals surface area contributed by atoms with Gasteiger partial charge in [-0.1, -0.05) is 6.07 Å².